The highest BCUT2D eigenvalue weighted by atomic mass is 35.5. The first-order valence-corrected chi connectivity index (χ1v) is 11.8. The van der Waals surface area contributed by atoms with E-state index in [1.807, 2.05) is 0 Å². The van der Waals surface area contributed by atoms with Gasteiger partial charge in [0.05, 0.1) is 23.6 Å². The fraction of sp³-hybridized carbons (Fsp3) is 0.250. The lowest BCUT2D eigenvalue weighted by Crippen LogP contribution is -2.25. The summed E-state index contributed by atoms with van der Waals surface area (Å²) in [5.74, 6) is -0.831. The van der Waals surface area contributed by atoms with Crippen molar-refractivity contribution in [3.05, 3.63) is 58.7 Å². The summed E-state index contributed by atoms with van der Waals surface area (Å²) in [6.45, 7) is 1.71. The number of benzene rings is 2. The van der Waals surface area contributed by atoms with Crippen LogP contribution in [-0.2, 0) is 18.0 Å². The molecule has 1 heterocycles. The minimum atomic E-state index is -4.47. The highest BCUT2D eigenvalue weighted by Crippen LogP contribution is 2.35. The first kappa shape index (κ1) is 28.7. The topological polar surface area (TPSA) is 121 Å². The van der Waals surface area contributed by atoms with Crippen molar-refractivity contribution in [3.63, 3.8) is 0 Å². The Kier molecular flexibility index (Phi) is 9.17. The zero-order valence-electron chi connectivity index (χ0n) is 20.1. The Morgan fingerprint density at radius 1 is 1.24 bits per heavy atom. The average Bonchev–Trinajstić information content (AvgIpc) is 3.15. The van der Waals surface area contributed by atoms with Crippen LogP contribution < -0.4 is 15.5 Å². The van der Waals surface area contributed by atoms with Crippen molar-refractivity contribution in [2.75, 3.05) is 11.9 Å². The summed E-state index contributed by atoms with van der Waals surface area (Å²) >= 11 is 11.3. The Labute approximate surface area is 225 Å². The van der Waals surface area contributed by atoms with Gasteiger partial charge >= 0.3 is 12.1 Å². The number of nitrogens with zero attached hydrogens (tertiary/aromatic N) is 3. The maximum atomic E-state index is 12.9. The third-order valence-corrected chi connectivity index (χ3v) is 5.59. The third-order valence-electron chi connectivity index (χ3n) is 5.16. The number of halogens is 4. The van der Waals surface area contributed by atoms with Crippen molar-refractivity contribution < 1.29 is 32.9 Å². The molecule has 38 heavy (non-hydrogen) atoms. The quantitative estimate of drug-likeness (QED) is 0.117. The summed E-state index contributed by atoms with van der Waals surface area (Å²) in [6.07, 6.45) is -4.22. The number of hydrogen-bond donors (Lipinski definition) is 4. The van der Waals surface area contributed by atoms with Gasteiger partial charge in [0.25, 0.3) is 0 Å². The van der Waals surface area contributed by atoms with E-state index in [9.17, 15) is 23.1 Å². The lowest BCUT2D eigenvalue weighted by Gasteiger charge is -2.14. The first-order valence-electron chi connectivity index (χ1n) is 11.1. The van der Waals surface area contributed by atoms with E-state index in [-0.39, 0.29) is 41.0 Å². The lowest BCUT2D eigenvalue weighted by atomic mass is 10.1. The van der Waals surface area contributed by atoms with Crippen LogP contribution in [0.3, 0.4) is 0 Å². The molecule has 0 unspecified atom stereocenters. The number of ether oxygens (including phenoxy) is 1. The zero-order chi connectivity index (χ0) is 28.0. The second-order valence-corrected chi connectivity index (χ2v) is 8.84. The van der Waals surface area contributed by atoms with Crippen LogP contribution in [0.2, 0.25) is 5.02 Å². The highest BCUT2D eigenvalue weighted by molar-refractivity contribution is 7.80. The summed E-state index contributed by atoms with van der Waals surface area (Å²) in [5, 5.41) is 31.2. The summed E-state index contributed by atoms with van der Waals surface area (Å²) in [7, 11) is 1.54. The van der Waals surface area contributed by atoms with Gasteiger partial charge in [-0.1, -0.05) is 23.7 Å². The minimum Gasteiger partial charge on any atom is -0.504 e. The number of thiocarbonyl (C=S) groups is 1. The maximum Gasteiger partial charge on any atom is 0.416 e. The zero-order valence-corrected chi connectivity index (χ0v) is 21.7. The molecule has 0 saturated carbocycles. The summed E-state index contributed by atoms with van der Waals surface area (Å²) < 4.78 is 45.6. The standard InChI is InChI=1S/C24H23ClF3N5O4S/c1-13(20-22(36)21(33(2)32-20)14-5-7-15(8-6-14)24(26,27)28)30-31-23(38)29-17-10-9-16(25)12-18(17)37-11-3-4-19(34)35/h5-10,12,36H,3-4,11H2,1-2H3,(H,34,35)(H2,29,31,38)/b30-13-. The van der Waals surface area contributed by atoms with E-state index in [0.717, 1.165) is 12.1 Å². The van der Waals surface area contributed by atoms with Gasteiger partial charge < -0.3 is 20.3 Å². The van der Waals surface area contributed by atoms with Gasteiger partial charge in [-0.05, 0) is 49.8 Å². The number of carbonyl (C=O) groups is 1. The number of nitrogens with one attached hydrogen (secondary N) is 2. The number of hydrazone groups is 1. The van der Waals surface area contributed by atoms with Crippen LogP contribution in [0.1, 0.15) is 31.0 Å². The largest absolute Gasteiger partial charge is 0.504 e. The van der Waals surface area contributed by atoms with Crippen LogP contribution in [0, 0.1) is 0 Å². The van der Waals surface area contributed by atoms with Gasteiger partial charge in [0.15, 0.2) is 16.6 Å². The van der Waals surface area contributed by atoms with E-state index in [2.05, 4.69) is 20.9 Å². The number of aliphatic carboxylic acids is 1. The lowest BCUT2D eigenvalue weighted by molar-refractivity contribution is -0.138. The number of carboxylic acids is 1. The molecule has 0 amide bonds. The molecular formula is C24H23ClF3N5O4S. The summed E-state index contributed by atoms with van der Waals surface area (Å²) in [4.78, 5) is 10.7. The SMILES string of the molecule is C/C(=N/NC(=S)Nc1ccc(Cl)cc1OCCCC(=O)O)c1nn(C)c(-c2ccc(C(F)(F)F)cc2)c1O. The molecule has 0 aliphatic rings. The van der Waals surface area contributed by atoms with Gasteiger partial charge in [-0.25, -0.2) is 0 Å². The Morgan fingerprint density at radius 3 is 2.55 bits per heavy atom. The molecule has 9 nitrogen and oxygen atoms in total. The number of aromatic nitrogens is 2. The fourth-order valence-corrected chi connectivity index (χ4v) is 3.68. The van der Waals surface area contributed by atoms with Crippen LogP contribution in [0.5, 0.6) is 11.5 Å². The Bertz CT molecular complexity index is 1360. The van der Waals surface area contributed by atoms with Crippen LogP contribution in [0.15, 0.2) is 47.6 Å². The molecule has 0 saturated heterocycles. The number of rotatable bonds is 9. The van der Waals surface area contributed by atoms with Crippen LogP contribution in [-0.4, -0.2) is 43.4 Å². The van der Waals surface area contributed by atoms with E-state index in [1.165, 1.54) is 16.8 Å². The molecule has 2 aromatic carbocycles. The number of aryl methyl sites for hydroxylation is 1. The van der Waals surface area contributed by atoms with E-state index in [4.69, 9.17) is 33.7 Å². The van der Waals surface area contributed by atoms with Crippen molar-refractivity contribution >= 4 is 46.3 Å². The summed E-state index contributed by atoms with van der Waals surface area (Å²) in [6, 6.07) is 9.14. The molecule has 4 N–H and O–H groups in total. The van der Waals surface area contributed by atoms with Gasteiger partial charge in [0.2, 0.25) is 0 Å². The smallest absolute Gasteiger partial charge is 0.416 e. The normalized spacial score (nSPS) is 11.8. The third kappa shape index (κ3) is 7.35. The van der Waals surface area contributed by atoms with Gasteiger partial charge in [0, 0.05) is 30.1 Å². The second kappa shape index (κ2) is 12.1. The van der Waals surface area contributed by atoms with Gasteiger partial charge in [-0.15, -0.1) is 0 Å². The Morgan fingerprint density at radius 2 is 1.92 bits per heavy atom. The highest BCUT2D eigenvalue weighted by Gasteiger charge is 2.30. The van der Waals surface area contributed by atoms with Crippen molar-refractivity contribution in [2.24, 2.45) is 12.1 Å². The number of hydrogen-bond acceptors (Lipinski definition) is 6. The molecular weight excluding hydrogens is 547 g/mol. The van der Waals surface area contributed by atoms with Crippen LogP contribution >= 0.6 is 23.8 Å². The molecule has 0 radical (unpaired) electrons. The minimum absolute atomic E-state index is 0.0434. The molecule has 202 valence electrons. The van der Waals surface area contributed by atoms with E-state index >= 15 is 0 Å². The van der Waals surface area contributed by atoms with Crippen molar-refractivity contribution in [1.29, 1.82) is 0 Å². The molecule has 0 aliphatic carbocycles. The predicted molar refractivity (Wildman–Crippen MR) is 141 cm³/mol. The van der Waals surface area contributed by atoms with Crippen molar-refractivity contribution in [1.82, 2.24) is 15.2 Å². The molecule has 0 fully saturated rings. The molecule has 14 heteroatoms. The molecule has 0 atom stereocenters. The van der Waals surface area contributed by atoms with E-state index in [1.54, 1.807) is 32.2 Å². The van der Waals surface area contributed by atoms with Gasteiger partial charge in [0.1, 0.15) is 11.4 Å². The molecule has 1 aromatic heterocycles. The van der Waals surface area contributed by atoms with Crippen LogP contribution in [0.4, 0.5) is 18.9 Å². The van der Waals surface area contributed by atoms with Gasteiger partial charge in [-0.3, -0.25) is 14.9 Å². The predicted octanol–water partition coefficient (Wildman–Crippen LogP) is 5.42. The molecule has 3 aromatic rings. The molecule has 0 aliphatic heterocycles. The Balaban J connectivity index is 1.71. The number of aromatic hydroxyl groups is 1. The van der Waals surface area contributed by atoms with E-state index < -0.39 is 17.7 Å². The van der Waals surface area contributed by atoms with Crippen LogP contribution in [0.25, 0.3) is 11.3 Å². The van der Waals surface area contributed by atoms with Crippen molar-refractivity contribution in [2.45, 2.75) is 25.9 Å². The Hall–Kier alpha value is -3.84. The number of carboxylic acid groups (broad SMARTS) is 1. The number of anilines is 1. The molecule has 3 rings (SSSR count). The average molecular weight is 570 g/mol. The fourth-order valence-electron chi connectivity index (χ4n) is 3.36. The summed E-state index contributed by atoms with van der Waals surface area (Å²) in [5.41, 5.74) is 3.20. The number of alkyl halides is 3. The van der Waals surface area contributed by atoms with Gasteiger partial charge in [-0.2, -0.15) is 23.4 Å². The molecule has 0 spiro atoms. The molecule has 0 bridgehead atoms. The maximum absolute atomic E-state index is 12.9. The second-order valence-electron chi connectivity index (χ2n) is 7.99. The van der Waals surface area contributed by atoms with Crippen molar-refractivity contribution in [3.8, 4) is 22.8 Å². The monoisotopic (exact) mass is 569 g/mol. The van der Waals surface area contributed by atoms with E-state index in [0.29, 0.717) is 28.4 Å². The first-order chi connectivity index (χ1) is 17.9.